The Labute approximate surface area is 135 Å². The van der Waals surface area contributed by atoms with Gasteiger partial charge in [-0.3, -0.25) is 4.79 Å². The van der Waals surface area contributed by atoms with E-state index in [1.807, 2.05) is 6.92 Å². The number of halogens is 2. The van der Waals surface area contributed by atoms with Gasteiger partial charge in [0.1, 0.15) is 0 Å². The number of ether oxygens (including phenoxy) is 1. The van der Waals surface area contributed by atoms with Crippen molar-refractivity contribution < 1.29 is 9.53 Å². The Balaban J connectivity index is 2.32. The third kappa shape index (κ3) is 3.65. The summed E-state index contributed by atoms with van der Waals surface area (Å²) in [5, 5.41) is 2.90. The van der Waals surface area contributed by atoms with Gasteiger partial charge in [0.2, 0.25) is 0 Å². The first kappa shape index (κ1) is 15.6. The number of benzene rings is 1. The third-order valence-corrected chi connectivity index (χ3v) is 3.37. The minimum Gasteiger partial charge on any atom is -0.491 e. The van der Waals surface area contributed by atoms with Gasteiger partial charge in [0, 0.05) is 10.7 Å². The van der Waals surface area contributed by atoms with E-state index in [2.05, 4.69) is 26.2 Å². The minimum atomic E-state index is -0.368. The molecule has 0 radical (unpaired) electrons. The molecular formula is C14H13BrClN3O2. The first-order valence-corrected chi connectivity index (χ1v) is 7.33. The number of anilines is 2. The van der Waals surface area contributed by atoms with Crippen LogP contribution in [0.3, 0.4) is 0 Å². The van der Waals surface area contributed by atoms with Crippen molar-refractivity contribution in [1.29, 1.82) is 0 Å². The minimum absolute atomic E-state index is 0.202. The quantitative estimate of drug-likeness (QED) is 0.635. The Kier molecular flexibility index (Phi) is 5.03. The molecule has 7 heteroatoms. The van der Waals surface area contributed by atoms with Crippen LogP contribution in [0.15, 0.2) is 34.9 Å². The van der Waals surface area contributed by atoms with E-state index in [1.165, 1.54) is 0 Å². The molecule has 0 aliphatic rings. The molecule has 0 saturated carbocycles. The average Bonchev–Trinajstić information content (AvgIpc) is 2.45. The van der Waals surface area contributed by atoms with Gasteiger partial charge in [-0.05, 0) is 41.1 Å². The van der Waals surface area contributed by atoms with E-state index in [1.54, 1.807) is 30.5 Å². The molecule has 1 heterocycles. The zero-order chi connectivity index (χ0) is 15.4. The SMILES string of the molecule is CCOc1c(N)cccc1C(=O)Nc1cc(Br)cnc1Cl. The van der Waals surface area contributed by atoms with Crippen molar-refractivity contribution in [2.45, 2.75) is 6.92 Å². The fourth-order valence-electron chi connectivity index (χ4n) is 1.74. The number of nitrogens with zero attached hydrogens (tertiary/aromatic N) is 1. The summed E-state index contributed by atoms with van der Waals surface area (Å²) in [5.74, 6) is -0.0101. The van der Waals surface area contributed by atoms with E-state index in [0.717, 1.165) is 0 Å². The number of rotatable bonds is 4. The number of nitrogens with one attached hydrogen (secondary N) is 1. The van der Waals surface area contributed by atoms with Crippen LogP contribution in [0.5, 0.6) is 5.75 Å². The number of carbonyl (C=O) groups excluding carboxylic acids is 1. The molecule has 0 aliphatic heterocycles. The van der Waals surface area contributed by atoms with Crippen LogP contribution < -0.4 is 15.8 Å². The van der Waals surface area contributed by atoms with Crippen molar-refractivity contribution in [3.63, 3.8) is 0 Å². The maximum atomic E-state index is 12.4. The predicted molar refractivity (Wildman–Crippen MR) is 86.9 cm³/mol. The second-order valence-corrected chi connectivity index (χ2v) is 5.38. The molecule has 2 rings (SSSR count). The van der Waals surface area contributed by atoms with Gasteiger partial charge < -0.3 is 15.8 Å². The van der Waals surface area contributed by atoms with Crippen LogP contribution in [-0.2, 0) is 0 Å². The van der Waals surface area contributed by atoms with E-state index < -0.39 is 0 Å². The van der Waals surface area contributed by atoms with Crippen LogP contribution in [0.25, 0.3) is 0 Å². The number of nitrogen functional groups attached to an aromatic ring is 1. The number of carbonyl (C=O) groups is 1. The largest absolute Gasteiger partial charge is 0.491 e. The fraction of sp³-hybridized carbons (Fsp3) is 0.143. The van der Waals surface area contributed by atoms with Gasteiger partial charge >= 0.3 is 0 Å². The molecule has 0 bridgehead atoms. The lowest BCUT2D eigenvalue weighted by atomic mass is 10.1. The Morgan fingerprint density at radius 1 is 1.52 bits per heavy atom. The monoisotopic (exact) mass is 369 g/mol. The van der Waals surface area contributed by atoms with E-state index in [0.29, 0.717) is 33.8 Å². The van der Waals surface area contributed by atoms with Gasteiger partial charge in [-0.1, -0.05) is 17.7 Å². The summed E-state index contributed by atoms with van der Waals surface area (Å²) in [6, 6.07) is 6.67. The van der Waals surface area contributed by atoms with E-state index in [-0.39, 0.29) is 11.1 Å². The maximum Gasteiger partial charge on any atom is 0.259 e. The van der Waals surface area contributed by atoms with Crippen molar-refractivity contribution in [3.8, 4) is 5.75 Å². The molecule has 0 unspecified atom stereocenters. The smallest absolute Gasteiger partial charge is 0.259 e. The lowest BCUT2D eigenvalue weighted by Crippen LogP contribution is -2.15. The van der Waals surface area contributed by atoms with Gasteiger partial charge in [-0.2, -0.15) is 0 Å². The van der Waals surface area contributed by atoms with Gasteiger partial charge in [0.25, 0.3) is 5.91 Å². The highest BCUT2D eigenvalue weighted by atomic mass is 79.9. The fourth-order valence-corrected chi connectivity index (χ4v) is 2.22. The molecule has 2 aromatic rings. The molecule has 0 fully saturated rings. The molecule has 21 heavy (non-hydrogen) atoms. The molecule has 0 saturated heterocycles. The normalized spacial score (nSPS) is 10.2. The Morgan fingerprint density at radius 3 is 3.00 bits per heavy atom. The third-order valence-electron chi connectivity index (χ3n) is 2.63. The van der Waals surface area contributed by atoms with E-state index >= 15 is 0 Å². The van der Waals surface area contributed by atoms with E-state index in [9.17, 15) is 4.79 Å². The average molecular weight is 371 g/mol. The highest BCUT2D eigenvalue weighted by Crippen LogP contribution is 2.29. The molecule has 5 nitrogen and oxygen atoms in total. The van der Waals surface area contributed by atoms with Crippen LogP contribution in [0, 0.1) is 0 Å². The lowest BCUT2D eigenvalue weighted by Gasteiger charge is -2.13. The highest BCUT2D eigenvalue weighted by Gasteiger charge is 2.16. The topological polar surface area (TPSA) is 77.2 Å². The van der Waals surface area contributed by atoms with Gasteiger partial charge in [-0.25, -0.2) is 4.98 Å². The Morgan fingerprint density at radius 2 is 2.29 bits per heavy atom. The number of hydrogen-bond acceptors (Lipinski definition) is 4. The number of hydrogen-bond donors (Lipinski definition) is 2. The second kappa shape index (κ2) is 6.78. The summed E-state index contributed by atoms with van der Waals surface area (Å²) in [4.78, 5) is 16.3. The van der Waals surface area contributed by atoms with Crippen LogP contribution in [0.4, 0.5) is 11.4 Å². The molecule has 0 aliphatic carbocycles. The number of nitrogens with two attached hydrogens (primary N) is 1. The predicted octanol–water partition coefficient (Wildman–Crippen LogP) is 3.73. The highest BCUT2D eigenvalue weighted by molar-refractivity contribution is 9.10. The molecular weight excluding hydrogens is 358 g/mol. The summed E-state index contributed by atoms with van der Waals surface area (Å²) in [7, 11) is 0. The van der Waals surface area contributed by atoms with Crippen LogP contribution in [0.2, 0.25) is 5.15 Å². The van der Waals surface area contributed by atoms with E-state index in [4.69, 9.17) is 22.1 Å². The first-order valence-electron chi connectivity index (χ1n) is 6.16. The molecule has 3 N–H and O–H groups in total. The van der Waals surface area contributed by atoms with Crippen molar-refractivity contribution in [2.24, 2.45) is 0 Å². The molecule has 0 spiro atoms. The number of para-hydroxylation sites is 1. The Hall–Kier alpha value is -1.79. The van der Waals surface area contributed by atoms with Crippen molar-refractivity contribution in [1.82, 2.24) is 4.98 Å². The zero-order valence-corrected chi connectivity index (χ0v) is 13.5. The first-order chi connectivity index (χ1) is 10.0. The van der Waals surface area contributed by atoms with Crippen molar-refractivity contribution in [3.05, 3.63) is 45.7 Å². The molecule has 1 amide bonds. The summed E-state index contributed by atoms with van der Waals surface area (Å²) in [5.41, 5.74) is 6.99. The Bertz CT molecular complexity index is 679. The summed E-state index contributed by atoms with van der Waals surface area (Å²) >= 11 is 9.23. The summed E-state index contributed by atoms with van der Waals surface area (Å²) in [6.07, 6.45) is 1.55. The van der Waals surface area contributed by atoms with Crippen LogP contribution in [0.1, 0.15) is 17.3 Å². The van der Waals surface area contributed by atoms with Gasteiger partial charge in [0.15, 0.2) is 10.9 Å². The van der Waals surface area contributed by atoms with Crippen LogP contribution in [-0.4, -0.2) is 17.5 Å². The number of amides is 1. The molecule has 110 valence electrons. The summed E-state index contributed by atoms with van der Waals surface area (Å²) in [6.45, 7) is 2.23. The molecule has 1 aromatic heterocycles. The standard InChI is InChI=1S/C14H13BrClN3O2/c1-2-21-12-9(4-3-5-10(12)17)14(20)19-11-6-8(15)7-18-13(11)16/h3-7H,2,17H2,1H3,(H,19,20). The van der Waals surface area contributed by atoms with Crippen molar-refractivity contribution in [2.75, 3.05) is 17.7 Å². The van der Waals surface area contributed by atoms with Crippen molar-refractivity contribution >= 4 is 44.8 Å². The number of pyridine rings is 1. The lowest BCUT2D eigenvalue weighted by molar-refractivity contribution is 0.102. The summed E-state index contributed by atoms with van der Waals surface area (Å²) < 4.78 is 6.15. The zero-order valence-electron chi connectivity index (χ0n) is 11.2. The van der Waals surface area contributed by atoms with Gasteiger partial charge in [0.05, 0.1) is 23.5 Å². The maximum absolute atomic E-state index is 12.4. The molecule has 0 atom stereocenters. The van der Waals surface area contributed by atoms with Crippen LogP contribution >= 0.6 is 27.5 Å². The second-order valence-electron chi connectivity index (χ2n) is 4.10. The van der Waals surface area contributed by atoms with Gasteiger partial charge in [-0.15, -0.1) is 0 Å². The number of aromatic nitrogens is 1. The molecule has 1 aromatic carbocycles.